The fourth-order valence-corrected chi connectivity index (χ4v) is 3.65. The molecule has 0 atom stereocenters. The monoisotopic (exact) mass is 968 g/mol. The van der Waals surface area contributed by atoms with Gasteiger partial charge in [-0.2, -0.15) is 0 Å². The predicted octanol–water partition coefficient (Wildman–Crippen LogP) is 16.5. The molecule has 0 heterocycles. The standard InChI is InChI=1S/2C10H8.2C8H8O2.2C6H14.2C2H6.2CH3.2Y/c2*1-2-6-10-8-4-3-7-9(10)5-1;2*1-10-8(9)7-5-3-2-4-6-7;2*1-5-6(2,3)4;2*1-2;;;;/h2*1-8H;2*2-6H,1H3;2*5H2,1-4H3;2*1-2H3;2*1H3;;/q;;;;;;;;2*-1;;. The Morgan fingerprint density at radius 2 is 0.533 bits per heavy atom. The Morgan fingerprint density at radius 3 is 0.667 bits per heavy atom. The molecule has 0 N–H and O–H groups in total. The average Bonchev–Trinajstić information content (AvgIpc) is 3.26. The van der Waals surface area contributed by atoms with Crippen molar-refractivity contribution in [2.24, 2.45) is 10.8 Å². The van der Waals surface area contributed by atoms with E-state index in [0.717, 1.165) is 0 Å². The summed E-state index contributed by atoms with van der Waals surface area (Å²) in [7, 11) is 2.74. The first kappa shape index (κ1) is 68.7. The van der Waals surface area contributed by atoms with E-state index in [2.05, 4.69) is 162 Å². The van der Waals surface area contributed by atoms with Crippen molar-refractivity contribution < 1.29 is 84.5 Å². The summed E-state index contributed by atoms with van der Waals surface area (Å²) in [5.74, 6) is -0.582. The molecule has 4 nitrogen and oxygen atoms in total. The second-order valence-corrected chi connectivity index (χ2v) is 14.2. The van der Waals surface area contributed by atoms with Gasteiger partial charge in [0.2, 0.25) is 0 Å². The van der Waals surface area contributed by atoms with Gasteiger partial charge in [0.1, 0.15) is 0 Å². The molecular weight excluding hydrogens is 890 g/mol. The van der Waals surface area contributed by atoms with Crippen LogP contribution in [0.25, 0.3) is 21.5 Å². The smallest absolute Gasteiger partial charge is 0.337 e. The molecule has 6 aromatic carbocycles. The zero-order chi connectivity index (χ0) is 42.8. The van der Waals surface area contributed by atoms with Crippen molar-refractivity contribution in [2.75, 3.05) is 14.2 Å². The first-order valence-corrected chi connectivity index (χ1v) is 19.9. The van der Waals surface area contributed by atoms with E-state index in [1.54, 1.807) is 48.5 Å². The molecule has 2 radical (unpaired) electrons. The van der Waals surface area contributed by atoms with Crippen LogP contribution in [0, 0.1) is 25.7 Å². The number of hydrogen-bond acceptors (Lipinski definition) is 4. The zero-order valence-electron chi connectivity index (χ0n) is 40.2. The number of esters is 2. The minimum atomic E-state index is -0.291. The van der Waals surface area contributed by atoms with Gasteiger partial charge in [-0.15, -0.1) is 0 Å². The Labute approximate surface area is 418 Å². The molecule has 0 saturated heterocycles. The number of benzene rings is 6. The molecule has 60 heavy (non-hydrogen) atoms. The SMILES string of the molecule is CC.CC.CCC(C)(C)C.CCC(C)(C)C.COC(=O)c1ccccc1.COC(=O)c1ccccc1.[CH3-].[CH3-].[Y].[Y].c1ccc2ccccc2c1.c1ccc2ccccc2c1. The van der Waals surface area contributed by atoms with Crippen LogP contribution in [-0.2, 0) is 74.9 Å². The molecule has 326 valence electrons. The van der Waals surface area contributed by atoms with E-state index in [1.807, 2.05) is 39.8 Å². The molecule has 0 aliphatic carbocycles. The predicted molar refractivity (Wildman–Crippen MR) is 258 cm³/mol. The summed E-state index contributed by atoms with van der Waals surface area (Å²) >= 11 is 0. The van der Waals surface area contributed by atoms with Crippen LogP contribution in [0.2, 0.25) is 0 Å². The van der Waals surface area contributed by atoms with Crippen molar-refractivity contribution in [2.45, 2.75) is 95.9 Å². The van der Waals surface area contributed by atoms with Gasteiger partial charge in [-0.25, -0.2) is 9.59 Å². The van der Waals surface area contributed by atoms with E-state index in [0.29, 0.717) is 22.0 Å². The summed E-state index contributed by atoms with van der Waals surface area (Å²) in [6.45, 7) is 25.9. The first-order valence-electron chi connectivity index (χ1n) is 19.9. The molecule has 0 saturated carbocycles. The summed E-state index contributed by atoms with van der Waals surface area (Å²) < 4.78 is 8.99. The second-order valence-electron chi connectivity index (χ2n) is 14.2. The minimum absolute atomic E-state index is 0. The molecule has 0 spiro atoms. The molecule has 0 fully saturated rings. The molecule has 0 bridgehead atoms. The van der Waals surface area contributed by atoms with Gasteiger partial charge in [-0.1, -0.05) is 229 Å². The Bertz CT molecular complexity index is 1560. The third kappa shape index (κ3) is 35.7. The summed E-state index contributed by atoms with van der Waals surface area (Å²) in [5, 5.41) is 5.24. The molecule has 0 unspecified atom stereocenters. The Hall–Kier alpha value is -3.01. The van der Waals surface area contributed by atoms with Crippen molar-refractivity contribution in [1.82, 2.24) is 0 Å². The maximum atomic E-state index is 10.8. The van der Waals surface area contributed by atoms with Gasteiger partial charge >= 0.3 is 11.9 Å². The fourth-order valence-electron chi connectivity index (χ4n) is 3.65. The number of methoxy groups -OCH3 is 2. The van der Waals surface area contributed by atoms with Gasteiger partial charge in [0.25, 0.3) is 0 Å². The van der Waals surface area contributed by atoms with Crippen molar-refractivity contribution in [1.29, 1.82) is 0 Å². The number of fused-ring (bicyclic) bond motifs is 2. The van der Waals surface area contributed by atoms with Crippen molar-refractivity contribution in [3.8, 4) is 0 Å². The Kier molecular flexibility index (Phi) is 48.9. The maximum Gasteiger partial charge on any atom is 0.337 e. The van der Waals surface area contributed by atoms with Gasteiger partial charge < -0.3 is 24.3 Å². The van der Waals surface area contributed by atoms with Gasteiger partial charge in [0, 0.05) is 65.4 Å². The number of rotatable bonds is 2. The topological polar surface area (TPSA) is 52.6 Å². The quantitative estimate of drug-likeness (QED) is 0.128. The molecular formula is C54H78O4Y2-2. The molecule has 6 aromatic rings. The normalized spacial score (nSPS) is 8.90. The minimum Gasteiger partial charge on any atom is -0.465 e. The number of carbonyl (C=O) groups is 2. The zero-order valence-corrected chi connectivity index (χ0v) is 45.9. The van der Waals surface area contributed by atoms with Gasteiger partial charge in [0.05, 0.1) is 25.3 Å². The maximum absolute atomic E-state index is 10.8. The molecule has 6 heteroatoms. The van der Waals surface area contributed by atoms with Crippen LogP contribution in [-0.4, -0.2) is 26.2 Å². The summed E-state index contributed by atoms with van der Waals surface area (Å²) in [4.78, 5) is 21.6. The van der Waals surface area contributed by atoms with Crippen LogP contribution < -0.4 is 0 Å². The fraction of sp³-hybridized carbons (Fsp3) is 0.333. The molecule has 0 aromatic heterocycles. The number of ether oxygens (including phenoxy) is 2. The number of hydrogen-bond donors (Lipinski definition) is 0. The summed E-state index contributed by atoms with van der Waals surface area (Å²) in [6, 6.07) is 51.2. The second kappa shape index (κ2) is 42.7. The molecule has 6 rings (SSSR count). The van der Waals surface area contributed by atoms with Crippen LogP contribution in [0.3, 0.4) is 0 Å². The van der Waals surface area contributed by atoms with Crippen LogP contribution >= 0.6 is 0 Å². The average molecular weight is 969 g/mol. The van der Waals surface area contributed by atoms with E-state index in [4.69, 9.17) is 0 Å². The van der Waals surface area contributed by atoms with Crippen LogP contribution in [0.4, 0.5) is 0 Å². The largest absolute Gasteiger partial charge is 0.465 e. The summed E-state index contributed by atoms with van der Waals surface area (Å²) in [5.41, 5.74) is 2.26. The molecule has 0 aliphatic heterocycles. The van der Waals surface area contributed by atoms with Gasteiger partial charge in [-0.05, 0) is 56.6 Å². The summed E-state index contributed by atoms with van der Waals surface area (Å²) in [6.07, 6.45) is 2.54. The Morgan fingerprint density at radius 1 is 0.383 bits per heavy atom. The first-order chi connectivity index (χ1) is 26.7. The Balaban J connectivity index is -0.000000143. The number of carbonyl (C=O) groups excluding carboxylic acids is 2. The van der Waals surface area contributed by atoms with Crippen molar-refractivity contribution in [3.63, 3.8) is 0 Å². The van der Waals surface area contributed by atoms with E-state index < -0.39 is 0 Å². The van der Waals surface area contributed by atoms with E-state index in [-0.39, 0.29) is 92.2 Å². The third-order valence-corrected chi connectivity index (χ3v) is 7.83. The molecule has 0 amide bonds. The third-order valence-electron chi connectivity index (χ3n) is 7.83. The van der Waals surface area contributed by atoms with Crippen molar-refractivity contribution >= 4 is 33.5 Å². The van der Waals surface area contributed by atoms with E-state index >= 15 is 0 Å². The van der Waals surface area contributed by atoms with Crippen LogP contribution in [0.1, 0.15) is 117 Å². The van der Waals surface area contributed by atoms with Gasteiger partial charge in [0.15, 0.2) is 0 Å². The van der Waals surface area contributed by atoms with E-state index in [1.165, 1.54) is 48.6 Å². The molecule has 0 aliphatic rings. The van der Waals surface area contributed by atoms with Gasteiger partial charge in [-0.3, -0.25) is 0 Å². The van der Waals surface area contributed by atoms with Crippen molar-refractivity contribution in [3.05, 3.63) is 184 Å². The van der Waals surface area contributed by atoms with Crippen LogP contribution in [0.5, 0.6) is 0 Å². The van der Waals surface area contributed by atoms with Crippen LogP contribution in [0.15, 0.2) is 158 Å². The van der Waals surface area contributed by atoms with E-state index in [9.17, 15) is 9.59 Å².